The molecule has 0 aliphatic carbocycles. The quantitative estimate of drug-likeness (QED) is 0.572. The van der Waals surface area contributed by atoms with Crippen molar-refractivity contribution in [2.45, 2.75) is 6.54 Å². The molecule has 0 radical (unpaired) electrons. The van der Waals surface area contributed by atoms with Gasteiger partial charge >= 0.3 is 0 Å². The normalized spacial score (nSPS) is 15.2. The first-order valence-electron chi connectivity index (χ1n) is 9.01. The molecule has 9 heteroatoms. The Kier molecular flexibility index (Phi) is 6.51. The van der Waals surface area contributed by atoms with Gasteiger partial charge in [-0.25, -0.2) is 4.98 Å². The summed E-state index contributed by atoms with van der Waals surface area (Å²) in [6, 6.07) is 10.2. The molecular weight excluding hydrogens is 362 g/mol. The van der Waals surface area contributed by atoms with Crippen molar-refractivity contribution in [1.29, 1.82) is 0 Å². The molecule has 0 saturated carbocycles. The fraction of sp³-hybridized carbons (Fsp3) is 0.368. The number of hydrogen-bond donors (Lipinski definition) is 1. The van der Waals surface area contributed by atoms with E-state index in [1.807, 2.05) is 6.07 Å². The van der Waals surface area contributed by atoms with E-state index < -0.39 is 0 Å². The van der Waals surface area contributed by atoms with E-state index in [0.29, 0.717) is 24.7 Å². The number of anilines is 1. The largest absolute Gasteiger partial charge is 0.481 e. The second-order valence-electron chi connectivity index (χ2n) is 6.62. The van der Waals surface area contributed by atoms with Crippen LogP contribution in [-0.2, 0) is 11.3 Å². The minimum Gasteiger partial charge on any atom is -0.481 e. The highest BCUT2D eigenvalue weighted by Crippen LogP contribution is 2.16. The van der Waals surface area contributed by atoms with Gasteiger partial charge in [-0.1, -0.05) is 12.1 Å². The number of carbonyl (C=O) groups excluding carboxylic acids is 1. The van der Waals surface area contributed by atoms with Crippen LogP contribution in [0.3, 0.4) is 0 Å². The topological polar surface area (TPSA) is 101 Å². The maximum Gasteiger partial charge on any atom is 0.269 e. The van der Waals surface area contributed by atoms with Crippen molar-refractivity contribution in [3.63, 3.8) is 0 Å². The molecule has 0 unspecified atom stereocenters. The van der Waals surface area contributed by atoms with Crippen LogP contribution in [-0.4, -0.2) is 65.4 Å². The lowest BCUT2D eigenvalue weighted by atomic mass is 10.1. The molecule has 1 aromatic heterocycles. The van der Waals surface area contributed by atoms with Gasteiger partial charge in [-0.2, -0.15) is 0 Å². The monoisotopic (exact) mass is 385 g/mol. The van der Waals surface area contributed by atoms with Crippen molar-refractivity contribution in [3.05, 3.63) is 58.3 Å². The predicted molar refractivity (Wildman–Crippen MR) is 104 cm³/mol. The number of aromatic nitrogens is 1. The third kappa shape index (κ3) is 5.48. The molecular formula is C19H23N5O4. The Balaban J connectivity index is 1.44. The van der Waals surface area contributed by atoms with E-state index >= 15 is 0 Å². The zero-order valence-corrected chi connectivity index (χ0v) is 15.7. The third-order valence-electron chi connectivity index (χ3n) is 4.59. The molecule has 1 aliphatic heterocycles. The highest BCUT2D eigenvalue weighted by Gasteiger charge is 2.19. The summed E-state index contributed by atoms with van der Waals surface area (Å²) >= 11 is 0. The smallest absolute Gasteiger partial charge is 0.269 e. The number of nitrogens with one attached hydrogen (secondary N) is 1. The number of amides is 1. The van der Waals surface area contributed by atoms with Crippen LogP contribution in [0.1, 0.15) is 5.56 Å². The van der Waals surface area contributed by atoms with Gasteiger partial charge in [0.2, 0.25) is 11.8 Å². The zero-order chi connectivity index (χ0) is 19.9. The molecule has 1 saturated heterocycles. The SMILES string of the molecule is COc1ccc(NC(=O)CN2CCN(Cc3cccc([N+](=O)[O-])c3)CC2)cn1. The van der Waals surface area contributed by atoms with E-state index in [4.69, 9.17) is 4.74 Å². The highest BCUT2D eigenvalue weighted by molar-refractivity contribution is 5.92. The number of carbonyl (C=O) groups is 1. The fourth-order valence-electron chi connectivity index (χ4n) is 3.11. The number of nitro groups is 1. The van der Waals surface area contributed by atoms with Gasteiger partial charge < -0.3 is 10.1 Å². The summed E-state index contributed by atoms with van der Waals surface area (Å²) in [4.78, 5) is 31.1. The summed E-state index contributed by atoms with van der Waals surface area (Å²) in [6.07, 6.45) is 1.56. The molecule has 1 amide bonds. The van der Waals surface area contributed by atoms with Crippen LogP contribution in [0.4, 0.5) is 11.4 Å². The van der Waals surface area contributed by atoms with Crippen LogP contribution in [0.2, 0.25) is 0 Å². The fourth-order valence-corrected chi connectivity index (χ4v) is 3.11. The van der Waals surface area contributed by atoms with E-state index in [-0.39, 0.29) is 16.5 Å². The van der Waals surface area contributed by atoms with Crippen molar-refractivity contribution < 1.29 is 14.5 Å². The minimum atomic E-state index is -0.377. The van der Waals surface area contributed by atoms with E-state index in [9.17, 15) is 14.9 Å². The number of benzene rings is 1. The van der Waals surface area contributed by atoms with E-state index in [1.54, 1.807) is 37.6 Å². The summed E-state index contributed by atoms with van der Waals surface area (Å²) in [5, 5.41) is 13.7. The first-order valence-corrected chi connectivity index (χ1v) is 9.01. The Morgan fingerprint density at radius 2 is 1.96 bits per heavy atom. The summed E-state index contributed by atoms with van der Waals surface area (Å²) in [5.41, 5.74) is 1.67. The standard InChI is InChI=1S/C19H23N5O4/c1-28-19-6-5-16(12-20-19)21-18(25)14-23-9-7-22(8-10-23)13-15-3-2-4-17(11-15)24(26)27/h2-6,11-12H,7-10,13-14H2,1H3,(H,21,25). The van der Waals surface area contributed by atoms with Crippen LogP contribution in [0.5, 0.6) is 5.88 Å². The predicted octanol–water partition coefficient (Wildman–Crippen LogP) is 1.75. The average molecular weight is 385 g/mol. The number of non-ortho nitro benzene ring substituents is 1. The Morgan fingerprint density at radius 3 is 2.61 bits per heavy atom. The van der Waals surface area contributed by atoms with Gasteiger partial charge in [0.25, 0.3) is 5.69 Å². The molecule has 0 spiro atoms. The molecule has 0 bridgehead atoms. The number of methoxy groups -OCH3 is 1. The number of piperazine rings is 1. The zero-order valence-electron chi connectivity index (χ0n) is 15.7. The van der Waals surface area contributed by atoms with Crippen LogP contribution in [0.25, 0.3) is 0 Å². The number of nitro benzene ring substituents is 1. The Labute approximate surface area is 163 Å². The molecule has 1 aliphatic rings. The first-order chi connectivity index (χ1) is 13.5. The molecule has 0 atom stereocenters. The molecule has 3 rings (SSSR count). The summed E-state index contributed by atoms with van der Waals surface area (Å²) in [7, 11) is 1.54. The van der Waals surface area contributed by atoms with Crippen molar-refractivity contribution in [3.8, 4) is 5.88 Å². The van der Waals surface area contributed by atoms with Crippen LogP contribution < -0.4 is 10.1 Å². The van der Waals surface area contributed by atoms with E-state index in [2.05, 4.69) is 20.1 Å². The lowest BCUT2D eigenvalue weighted by molar-refractivity contribution is -0.384. The highest BCUT2D eigenvalue weighted by atomic mass is 16.6. The Morgan fingerprint density at radius 1 is 1.21 bits per heavy atom. The summed E-state index contributed by atoms with van der Waals surface area (Å²) in [6.45, 7) is 4.13. The van der Waals surface area contributed by atoms with Crippen LogP contribution in [0.15, 0.2) is 42.6 Å². The van der Waals surface area contributed by atoms with E-state index in [0.717, 1.165) is 31.7 Å². The second-order valence-corrected chi connectivity index (χ2v) is 6.62. The molecule has 28 heavy (non-hydrogen) atoms. The van der Waals surface area contributed by atoms with Gasteiger partial charge in [-0.3, -0.25) is 24.7 Å². The Bertz CT molecular complexity index is 819. The van der Waals surface area contributed by atoms with Crippen LogP contribution in [0, 0.1) is 10.1 Å². The Hall–Kier alpha value is -3.04. The molecule has 2 heterocycles. The number of ether oxygens (including phenoxy) is 1. The maximum absolute atomic E-state index is 12.2. The molecule has 1 N–H and O–H groups in total. The number of rotatable bonds is 7. The van der Waals surface area contributed by atoms with Gasteiger partial charge in [0.15, 0.2) is 0 Å². The second kappa shape index (κ2) is 9.25. The molecule has 1 aromatic carbocycles. The number of nitrogens with zero attached hydrogens (tertiary/aromatic N) is 4. The summed E-state index contributed by atoms with van der Waals surface area (Å²) in [5.74, 6) is 0.414. The van der Waals surface area contributed by atoms with E-state index in [1.165, 1.54) is 6.07 Å². The average Bonchev–Trinajstić information content (AvgIpc) is 2.70. The number of hydrogen-bond acceptors (Lipinski definition) is 7. The summed E-state index contributed by atoms with van der Waals surface area (Å²) < 4.78 is 5.00. The van der Waals surface area contributed by atoms with Crippen molar-refractivity contribution in [2.24, 2.45) is 0 Å². The molecule has 148 valence electrons. The van der Waals surface area contributed by atoms with Gasteiger partial charge in [-0.15, -0.1) is 0 Å². The van der Waals surface area contributed by atoms with Crippen molar-refractivity contribution >= 4 is 17.3 Å². The minimum absolute atomic E-state index is 0.0842. The van der Waals surface area contributed by atoms with Gasteiger partial charge in [0.1, 0.15) is 0 Å². The molecule has 1 fully saturated rings. The van der Waals surface area contributed by atoms with Crippen molar-refractivity contribution in [2.75, 3.05) is 45.2 Å². The number of pyridine rings is 1. The molecule has 9 nitrogen and oxygen atoms in total. The van der Waals surface area contributed by atoms with Crippen molar-refractivity contribution in [1.82, 2.24) is 14.8 Å². The lowest BCUT2D eigenvalue weighted by Gasteiger charge is -2.34. The maximum atomic E-state index is 12.2. The van der Waals surface area contributed by atoms with Gasteiger partial charge in [0.05, 0.1) is 30.5 Å². The van der Waals surface area contributed by atoms with Crippen LogP contribution >= 0.6 is 0 Å². The third-order valence-corrected chi connectivity index (χ3v) is 4.59. The van der Waals surface area contributed by atoms with Gasteiger partial charge in [-0.05, 0) is 11.6 Å². The van der Waals surface area contributed by atoms with Gasteiger partial charge in [0, 0.05) is 50.9 Å². The molecule has 2 aromatic rings. The first kappa shape index (κ1) is 19.7. The lowest BCUT2D eigenvalue weighted by Crippen LogP contribution is -2.48.